The van der Waals surface area contributed by atoms with E-state index >= 15 is 0 Å². The van der Waals surface area contributed by atoms with Gasteiger partial charge in [0.05, 0.1) is 18.1 Å². The monoisotopic (exact) mass is 337 g/mol. The molecule has 0 saturated carbocycles. The van der Waals surface area contributed by atoms with Gasteiger partial charge in [-0.3, -0.25) is 10.1 Å². The lowest BCUT2D eigenvalue weighted by atomic mass is 9.84. The number of nitrogens with zero attached hydrogens (tertiary/aromatic N) is 1. The molecule has 0 aliphatic carbocycles. The normalized spacial score (nSPS) is 29.4. The lowest BCUT2D eigenvalue weighted by Crippen LogP contribution is -2.40. The van der Waals surface area contributed by atoms with E-state index in [0.717, 1.165) is 6.42 Å². The van der Waals surface area contributed by atoms with Crippen LogP contribution in [0.4, 0.5) is 10.5 Å². The summed E-state index contributed by atoms with van der Waals surface area (Å²) in [7, 11) is 0. The molecular weight excluding hydrogens is 318 g/mol. The van der Waals surface area contributed by atoms with Gasteiger partial charge in [-0.2, -0.15) is 0 Å². The first-order chi connectivity index (χ1) is 11.5. The van der Waals surface area contributed by atoms with E-state index < -0.39 is 11.1 Å². The van der Waals surface area contributed by atoms with Crippen LogP contribution >= 0.6 is 0 Å². The number of hydrogen-bond donors (Lipinski definition) is 0. The third-order valence-corrected chi connectivity index (χ3v) is 4.50. The van der Waals surface area contributed by atoms with Crippen molar-refractivity contribution >= 4 is 11.8 Å². The smallest absolute Gasteiger partial charge is 0.430 e. The molecule has 2 aliphatic rings. The summed E-state index contributed by atoms with van der Waals surface area (Å²) in [5.74, 6) is 0.502. The highest BCUT2D eigenvalue weighted by Gasteiger charge is 2.40. The lowest BCUT2D eigenvalue weighted by molar-refractivity contribution is -0.384. The Morgan fingerprint density at radius 3 is 2.54 bits per heavy atom. The van der Waals surface area contributed by atoms with E-state index in [2.05, 4.69) is 0 Å². The molecule has 4 atom stereocenters. The fourth-order valence-electron chi connectivity index (χ4n) is 3.20. The van der Waals surface area contributed by atoms with Gasteiger partial charge in [0.1, 0.15) is 11.9 Å². The van der Waals surface area contributed by atoms with Gasteiger partial charge in [0, 0.05) is 30.4 Å². The van der Waals surface area contributed by atoms with Crippen LogP contribution in [0.1, 0.15) is 19.8 Å². The Balaban J connectivity index is 1.60. The van der Waals surface area contributed by atoms with Gasteiger partial charge in [-0.05, 0) is 18.6 Å². The number of ether oxygens (including phenoxy) is 4. The molecule has 0 amide bonds. The zero-order valence-corrected chi connectivity index (χ0v) is 13.3. The molecule has 2 saturated heterocycles. The van der Waals surface area contributed by atoms with Crippen LogP contribution < -0.4 is 4.74 Å². The van der Waals surface area contributed by atoms with Gasteiger partial charge < -0.3 is 18.9 Å². The van der Waals surface area contributed by atoms with Gasteiger partial charge in [0.2, 0.25) is 0 Å². The highest BCUT2D eigenvalue weighted by Crippen LogP contribution is 2.35. The number of nitro groups is 1. The van der Waals surface area contributed by atoms with Crippen molar-refractivity contribution in [3.63, 3.8) is 0 Å². The van der Waals surface area contributed by atoms with Crippen molar-refractivity contribution in [1.29, 1.82) is 0 Å². The summed E-state index contributed by atoms with van der Waals surface area (Å²) in [6, 6.07) is 5.27. The minimum atomic E-state index is -0.814. The maximum atomic E-state index is 12.0. The van der Waals surface area contributed by atoms with Crippen molar-refractivity contribution in [3.8, 4) is 5.75 Å². The van der Waals surface area contributed by atoms with E-state index in [-0.39, 0.29) is 35.7 Å². The second-order valence-corrected chi connectivity index (χ2v) is 5.97. The molecule has 3 rings (SSSR count). The maximum Gasteiger partial charge on any atom is 0.514 e. The standard InChI is InChI=1S/C16H19NO7/c1-10-13-6-8-21-15(10)22-9-7-14(13)24-16(18)23-12-4-2-11(3-5-12)17(19)20/h2-5,10,13-15H,6-9H2,1H3. The minimum Gasteiger partial charge on any atom is -0.430 e. The van der Waals surface area contributed by atoms with Crippen LogP contribution in [0.2, 0.25) is 0 Å². The molecule has 0 aromatic heterocycles. The summed E-state index contributed by atoms with van der Waals surface area (Å²) >= 11 is 0. The van der Waals surface area contributed by atoms with Crippen molar-refractivity contribution < 1.29 is 28.7 Å². The Labute approximate surface area is 138 Å². The highest BCUT2D eigenvalue weighted by molar-refractivity contribution is 5.64. The van der Waals surface area contributed by atoms with Crippen LogP contribution in [0.15, 0.2) is 24.3 Å². The molecule has 8 heteroatoms. The number of rotatable bonds is 3. The number of fused-ring (bicyclic) bond motifs is 2. The predicted octanol–water partition coefficient (Wildman–Crippen LogP) is 2.90. The Morgan fingerprint density at radius 2 is 1.88 bits per heavy atom. The summed E-state index contributed by atoms with van der Waals surface area (Å²) in [6.45, 7) is 3.07. The van der Waals surface area contributed by atoms with Crippen molar-refractivity contribution in [1.82, 2.24) is 0 Å². The van der Waals surface area contributed by atoms with Gasteiger partial charge in [-0.25, -0.2) is 4.79 Å². The largest absolute Gasteiger partial charge is 0.514 e. The van der Waals surface area contributed by atoms with Crippen LogP contribution in [0.25, 0.3) is 0 Å². The first kappa shape index (κ1) is 16.7. The molecule has 2 aliphatic heterocycles. The van der Waals surface area contributed by atoms with Gasteiger partial charge in [-0.15, -0.1) is 0 Å². The van der Waals surface area contributed by atoms with Crippen molar-refractivity contribution in [2.75, 3.05) is 13.2 Å². The molecule has 1 aromatic carbocycles. The molecule has 24 heavy (non-hydrogen) atoms. The fraction of sp³-hybridized carbons (Fsp3) is 0.562. The van der Waals surface area contributed by atoms with Crippen LogP contribution in [0.5, 0.6) is 5.75 Å². The van der Waals surface area contributed by atoms with Gasteiger partial charge in [0.25, 0.3) is 5.69 Å². The van der Waals surface area contributed by atoms with Gasteiger partial charge in [0.15, 0.2) is 6.29 Å². The van der Waals surface area contributed by atoms with E-state index in [4.69, 9.17) is 18.9 Å². The Kier molecular flexibility index (Phi) is 4.96. The van der Waals surface area contributed by atoms with Crippen LogP contribution in [0, 0.1) is 22.0 Å². The summed E-state index contributed by atoms with van der Waals surface area (Å²) in [5, 5.41) is 10.6. The number of non-ortho nitro benzene ring substituents is 1. The number of hydrogen-bond acceptors (Lipinski definition) is 7. The molecule has 130 valence electrons. The summed E-state index contributed by atoms with van der Waals surface area (Å²) in [4.78, 5) is 22.1. The minimum absolute atomic E-state index is 0.0706. The molecule has 4 unspecified atom stereocenters. The van der Waals surface area contributed by atoms with Crippen LogP contribution in [0.3, 0.4) is 0 Å². The summed E-state index contributed by atoms with van der Waals surface area (Å²) < 4.78 is 21.8. The number of benzene rings is 1. The molecule has 2 fully saturated rings. The predicted molar refractivity (Wildman–Crippen MR) is 81.6 cm³/mol. The highest BCUT2D eigenvalue weighted by atomic mass is 16.7. The quantitative estimate of drug-likeness (QED) is 0.362. The molecule has 0 N–H and O–H groups in total. The summed E-state index contributed by atoms with van der Waals surface area (Å²) in [5.41, 5.74) is -0.0706. The first-order valence-corrected chi connectivity index (χ1v) is 7.90. The zero-order valence-electron chi connectivity index (χ0n) is 13.3. The first-order valence-electron chi connectivity index (χ1n) is 7.90. The molecule has 2 heterocycles. The topological polar surface area (TPSA) is 97.1 Å². The van der Waals surface area contributed by atoms with E-state index in [1.165, 1.54) is 24.3 Å². The molecule has 2 bridgehead atoms. The second kappa shape index (κ2) is 7.14. The zero-order chi connectivity index (χ0) is 17.1. The van der Waals surface area contributed by atoms with E-state index in [0.29, 0.717) is 19.6 Å². The van der Waals surface area contributed by atoms with Crippen molar-refractivity contribution in [2.45, 2.75) is 32.2 Å². The van der Waals surface area contributed by atoms with Crippen molar-refractivity contribution in [2.24, 2.45) is 11.8 Å². The Bertz CT molecular complexity index is 603. The average Bonchev–Trinajstić information content (AvgIpc) is 2.63. The van der Waals surface area contributed by atoms with E-state index in [1.807, 2.05) is 6.92 Å². The third kappa shape index (κ3) is 3.65. The van der Waals surface area contributed by atoms with E-state index in [9.17, 15) is 14.9 Å². The van der Waals surface area contributed by atoms with Crippen LogP contribution in [-0.2, 0) is 14.2 Å². The van der Waals surface area contributed by atoms with E-state index in [1.54, 1.807) is 0 Å². The van der Waals surface area contributed by atoms with Gasteiger partial charge in [-0.1, -0.05) is 6.92 Å². The molecule has 0 spiro atoms. The Hall–Kier alpha value is -2.19. The number of carbonyl (C=O) groups excluding carboxylic acids is 1. The molecule has 1 aromatic rings. The fourth-order valence-corrected chi connectivity index (χ4v) is 3.20. The lowest BCUT2D eigenvalue weighted by Gasteiger charge is -2.35. The second-order valence-electron chi connectivity index (χ2n) is 5.97. The average molecular weight is 337 g/mol. The van der Waals surface area contributed by atoms with Crippen LogP contribution in [-0.4, -0.2) is 36.7 Å². The summed E-state index contributed by atoms with van der Waals surface area (Å²) in [6.07, 6.45) is 0.0364. The Morgan fingerprint density at radius 1 is 1.21 bits per heavy atom. The van der Waals surface area contributed by atoms with Crippen molar-refractivity contribution in [3.05, 3.63) is 34.4 Å². The maximum absolute atomic E-state index is 12.0. The molecule has 8 nitrogen and oxygen atoms in total. The molecular formula is C16H19NO7. The number of carbonyl (C=O) groups is 1. The van der Waals surface area contributed by atoms with Gasteiger partial charge >= 0.3 is 6.16 Å². The third-order valence-electron chi connectivity index (χ3n) is 4.50. The number of nitro benzene ring substituents is 1. The SMILES string of the molecule is CC1C2OCCC(OC(=O)Oc3ccc([N+](=O)[O-])cc3)C1CCO2. The molecule has 0 radical (unpaired) electrons.